The second kappa shape index (κ2) is 9.82. The molecule has 2 aromatic rings. The number of benzene rings is 2. The summed E-state index contributed by atoms with van der Waals surface area (Å²) in [6, 6.07) is 12.8. The molecular formula is C26H23NO7. The van der Waals surface area contributed by atoms with Crippen molar-refractivity contribution in [1.29, 1.82) is 0 Å². The van der Waals surface area contributed by atoms with Crippen molar-refractivity contribution in [2.24, 2.45) is 11.8 Å². The molecule has 0 N–H and O–H groups in total. The van der Waals surface area contributed by atoms with E-state index in [1.807, 2.05) is 19.1 Å². The fourth-order valence-corrected chi connectivity index (χ4v) is 3.99. The Hall–Kier alpha value is -4.07. The van der Waals surface area contributed by atoms with Crippen molar-refractivity contribution < 1.29 is 33.4 Å². The molecule has 0 aromatic heterocycles. The first-order chi connectivity index (χ1) is 16.3. The molecule has 4 rings (SSSR count). The Balaban J connectivity index is 1.27. The molecule has 2 aliphatic rings. The molecule has 0 saturated carbocycles. The quantitative estimate of drug-likeness (QED) is 0.205. The van der Waals surface area contributed by atoms with Gasteiger partial charge in [0, 0.05) is 5.56 Å². The highest BCUT2D eigenvalue weighted by Crippen LogP contribution is 2.34. The van der Waals surface area contributed by atoms with Gasteiger partial charge in [0.05, 0.1) is 17.4 Å². The number of aryl methyl sites for hydroxylation is 1. The van der Waals surface area contributed by atoms with Crippen molar-refractivity contribution in [3.05, 3.63) is 77.4 Å². The summed E-state index contributed by atoms with van der Waals surface area (Å²) in [4.78, 5) is 62.5. The van der Waals surface area contributed by atoms with Gasteiger partial charge in [0.15, 0.2) is 12.4 Å². The molecule has 2 aromatic carbocycles. The highest BCUT2D eigenvalue weighted by atomic mass is 16.5. The van der Waals surface area contributed by atoms with Crippen molar-refractivity contribution in [2.75, 3.05) is 13.2 Å². The van der Waals surface area contributed by atoms with Crippen molar-refractivity contribution in [3.8, 4) is 5.75 Å². The zero-order valence-electron chi connectivity index (χ0n) is 18.6. The van der Waals surface area contributed by atoms with Crippen LogP contribution >= 0.6 is 0 Å². The molecule has 1 fully saturated rings. The van der Waals surface area contributed by atoms with Gasteiger partial charge in [-0.25, -0.2) is 4.79 Å². The minimum Gasteiger partial charge on any atom is -0.456 e. The van der Waals surface area contributed by atoms with Gasteiger partial charge in [-0.05, 0) is 56.2 Å². The highest BCUT2D eigenvalue weighted by Gasteiger charge is 2.47. The summed E-state index contributed by atoms with van der Waals surface area (Å²) < 4.78 is 10.3. The fourth-order valence-electron chi connectivity index (χ4n) is 3.99. The summed E-state index contributed by atoms with van der Waals surface area (Å²) >= 11 is 0. The number of fused-ring (bicyclic) bond motifs is 1. The lowest BCUT2D eigenvalue weighted by atomic mass is 9.85. The van der Waals surface area contributed by atoms with E-state index in [1.165, 1.54) is 24.3 Å². The van der Waals surface area contributed by atoms with E-state index in [4.69, 9.17) is 9.47 Å². The summed E-state index contributed by atoms with van der Waals surface area (Å²) in [5.74, 6) is -3.16. The van der Waals surface area contributed by atoms with Crippen molar-refractivity contribution in [2.45, 2.75) is 19.8 Å². The van der Waals surface area contributed by atoms with Gasteiger partial charge in [0.1, 0.15) is 12.3 Å². The van der Waals surface area contributed by atoms with Crippen LogP contribution < -0.4 is 4.74 Å². The smallest absolute Gasteiger partial charge is 0.343 e. The van der Waals surface area contributed by atoms with Gasteiger partial charge in [-0.2, -0.15) is 0 Å². The molecule has 34 heavy (non-hydrogen) atoms. The number of amides is 2. The summed E-state index contributed by atoms with van der Waals surface area (Å²) in [6.07, 6.45) is 4.69. The predicted molar refractivity (Wildman–Crippen MR) is 120 cm³/mol. The molecule has 1 aliphatic carbocycles. The van der Waals surface area contributed by atoms with Gasteiger partial charge in [0.25, 0.3) is 0 Å². The van der Waals surface area contributed by atoms with Crippen LogP contribution in [0, 0.1) is 18.8 Å². The van der Waals surface area contributed by atoms with Crippen molar-refractivity contribution in [3.63, 3.8) is 0 Å². The summed E-state index contributed by atoms with van der Waals surface area (Å²) in [5.41, 5.74) is 1.69. The van der Waals surface area contributed by atoms with E-state index in [9.17, 15) is 24.0 Å². The predicted octanol–water partition coefficient (Wildman–Crippen LogP) is 2.89. The number of ether oxygens (including phenoxy) is 2. The monoisotopic (exact) mass is 461 g/mol. The number of ketones is 1. The third kappa shape index (κ3) is 4.96. The maximum atomic E-state index is 12.4. The van der Waals surface area contributed by atoms with E-state index in [-0.39, 0.29) is 23.1 Å². The van der Waals surface area contributed by atoms with Crippen LogP contribution in [0.15, 0.2) is 60.7 Å². The van der Waals surface area contributed by atoms with Gasteiger partial charge in [-0.15, -0.1) is 0 Å². The van der Waals surface area contributed by atoms with Gasteiger partial charge >= 0.3 is 11.9 Å². The topological polar surface area (TPSA) is 107 Å². The summed E-state index contributed by atoms with van der Waals surface area (Å²) in [5, 5.41) is 0. The molecule has 174 valence electrons. The van der Waals surface area contributed by atoms with Crippen molar-refractivity contribution >= 4 is 29.5 Å². The number of hydrogen-bond acceptors (Lipinski definition) is 7. The summed E-state index contributed by atoms with van der Waals surface area (Å²) in [6.45, 7) is 0.870. The van der Waals surface area contributed by atoms with E-state index >= 15 is 0 Å². The maximum absolute atomic E-state index is 12.4. The Labute approximate surface area is 196 Å². The Bertz CT molecular complexity index is 1140. The molecule has 0 spiro atoms. The molecule has 8 nitrogen and oxygen atoms in total. The lowest BCUT2D eigenvalue weighted by Crippen LogP contribution is -2.37. The van der Waals surface area contributed by atoms with Crippen molar-refractivity contribution in [1.82, 2.24) is 4.90 Å². The Morgan fingerprint density at radius 1 is 0.853 bits per heavy atom. The van der Waals surface area contributed by atoms with Gasteiger partial charge in [0.2, 0.25) is 11.8 Å². The van der Waals surface area contributed by atoms with Crippen LogP contribution in [0.4, 0.5) is 0 Å². The van der Waals surface area contributed by atoms with Crippen LogP contribution in [-0.2, 0) is 19.1 Å². The number of imide groups is 1. The largest absolute Gasteiger partial charge is 0.456 e. The molecule has 8 heteroatoms. The minimum atomic E-state index is -0.828. The van der Waals surface area contributed by atoms with Crippen LogP contribution in [-0.4, -0.2) is 47.6 Å². The van der Waals surface area contributed by atoms with Crippen LogP contribution in [0.25, 0.3) is 0 Å². The molecule has 0 radical (unpaired) electrons. The number of rotatable bonds is 7. The van der Waals surface area contributed by atoms with Crippen LogP contribution in [0.1, 0.15) is 39.1 Å². The normalized spacial score (nSPS) is 19.0. The number of esters is 2. The fraction of sp³-hybridized carbons (Fsp3) is 0.269. The van der Waals surface area contributed by atoms with Crippen LogP contribution in [0.2, 0.25) is 0 Å². The summed E-state index contributed by atoms with van der Waals surface area (Å²) in [7, 11) is 0. The minimum absolute atomic E-state index is 0.258. The second-order valence-corrected chi connectivity index (χ2v) is 8.28. The standard InChI is InChI=1S/C26H23NO7/c1-16-6-8-18(9-7-16)26(32)34-19-12-10-17(11-13-19)22(28)15-33-23(29)14-27-24(30)20-4-2-3-5-21(20)25(27)31/h2-3,6-13,20-21H,4-5,14-15H2,1H3. The number of carbonyl (C=O) groups excluding carboxylic acids is 5. The van der Waals surface area contributed by atoms with Gasteiger partial charge < -0.3 is 9.47 Å². The van der Waals surface area contributed by atoms with E-state index in [1.54, 1.807) is 24.3 Å². The molecule has 0 bridgehead atoms. The first kappa shape index (κ1) is 23.1. The van der Waals surface area contributed by atoms with E-state index in [0.29, 0.717) is 18.4 Å². The third-order valence-electron chi connectivity index (χ3n) is 5.92. The number of carbonyl (C=O) groups is 5. The number of Topliss-reactive ketones (excluding diaryl/α,β-unsaturated/α-hetero) is 1. The molecule has 2 atom stereocenters. The molecule has 2 amide bonds. The lowest BCUT2D eigenvalue weighted by molar-refractivity contribution is -0.152. The number of allylic oxidation sites excluding steroid dienone is 2. The number of likely N-dealkylation sites (tertiary alicyclic amines) is 1. The SMILES string of the molecule is Cc1ccc(C(=O)Oc2ccc(C(=O)COC(=O)CN3C(=O)C4CC=CCC4C3=O)cc2)cc1. The second-order valence-electron chi connectivity index (χ2n) is 8.28. The zero-order valence-corrected chi connectivity index (χ0v) is 18.6. The molecule has 1 aliphatic heterocycles. The lowest BCUT2D eigenvalue weighted by Gasteiger charge is -2.14. The third-order valence-corrected chi connectivity index (χ3v) is 5.92. The Kier molecular flexibility index (Phi) is 6.67. The van der Waals surface area contributed by atoms with E-state index in [0.717, 1.165) is 10.5 Å². The zero-order chi connectivity index (χ0) is 24.2. The number of hydrogen-bond donors (Lipinski definition) is 0. The van der Waals surface area contributed by atoms with Crippen LogP contribution in [0.3, 0.4) is 0 Å². The van der Waals surface area contributed by atoms with E-state index in [2.05, 4.69) is 0 Å². The van der Waals surface area contributed by atoms with Crippen LogP contribution in [0.5, 0.6) is 5.75 Å². The molecular weight excluding hydrogens is 438 g/mol. The van der Waals surface area contributed by atoms with Gasteiger partial charge in [-0.3, -0.25) is 24.1 Å². The maximum Gasteiger partial charge on any atom is 0.343 e. The van der Waals surface area contributed by atoms with Gasteiger partial charge in [-0.1, -0.05) is 29.8 Å². The van der Waals surface area contributed by atoms with E-state index < -0.39 is 42.7 Å². The average Bonchev–Trinajstić information content (AvgIpc) is 3.08. The highest BCUT2D eigenvalue weighted by molar-refractivity contribution is 6.07. The first-order valence-electron chi connectivity index (χ1n) is 10.9. The molecule has 2 unspecified atom stereocenters. The molecule has 1 saturated heterocycles. The number of nitrogens with zero attached hydrogens (tertiary/aromatic N) is 1. The first-order valence-corrected chi connectivity index (χ1v) is 10.9. The average molecular weight is 461 g/mol. The Morgan fingerprint density at radius 2 is 1.41 bits per heavy atom. The molecule has 1 heterocycles. The Morgan fingerprint density at radius 3 is 2.00 bits per heavy atom.